The molecular weight excluding hydrogens is 386 g/mol. The van der Waals surface area contributed by atoms with Crippen LogP contribution in [-0.4, -0.2) is 45.4 Å². The molecule has 0 aliphatic heterocycles. The van der Waals surface area contributed by atoms with E-state index in [2.05, 4.69) is 5.32 Å². The summed E-state index contributed by atoms with van der Waals surface area (Å²) in [5.41, 5.74) is 1.37. The van der Waals surface area contributed by atoms with Crippen molar-refractivity contribution in [3.05, 3.63) is 53.6 Å². The van der Waals surface area contributed by atoms with Crippen molar-refractivity contribution in [2.24, 2.45) is 0 Å². The fraction of sp³-hybridized carbons (Fsp3) is 0.391. The first-order chi connectivity index (χ1) is 14.6. The highest BCUT2D eigenvalue weighted by molar-refractivity contribution is 5.92. The van der Waals surface area contributed by atoms with Gasteiger partial charge in [0.2, 0.25) is 0 Å². The first-order valence-electron chi connectivity index (χ1n) is 10.0. The van der Waals surface area contributed by atoms with Crippen LogP contribution in [0.2, 0.25) is 0 Å². The number of carbonyl (C=O) groups is 2. The summed E-state index contributed by atoms with van der Waals surface area (Å²) in [6.07, 6.45) is 1.53. The SMILES string of the molecule is CCCOc1ccc(C(=O)OCC(=O)NCCc2ccc(OC)cc2)cc1OCC. The predicted molar refractivity (Wildman–Crippen MR) is 113 cm³/mol. The van der Waals surface area contributed by atoms with Crippen molar-refractivity contribution in [2.45, 2.75) is 26.7 Å². The molecule has 0 aliphatic rings. The highest BCUT2D eigenvalue weighted by atomic mass is 16.5. The van der Waals surface area contributed by atoms with Gasteiger partial charge in [0.05, 0.1) is 25.9 Å². The van der Waals surface area contributed by atoms with Crippen LogP contribution in [0.1, 0.15) is 36.2 Å². The van der Waals surface area contributed by atoms with E-state index in [0.29, 0.717) is 43.2 Å². The first kappa shape index (κ1) is 23.1. The second-order valence-electron chi connectivity index (χ2n) is 6.47. The Balaban J connectivity index is 1.80. The Morgan fingerprint density at radius 2 is 1.73 bits per heavy atom. The number of hydrogen-bond acceptors (Lipinski definition) is 6. The minimum absolute atomic E-state index is 0.299. The molecule has 162 valence electrons. The summed E-state index contributed by atoms with van der Waals surface area (Å²) in [5.74, 6) is 0.885. The van der Waals surface area contributed by atoms with Crippen LogP contribution in [0.25, 0.3) is 0 Å². The van der Waals surface area contributed by atoms with E-state index in [-0.39, 0.29) is 12.5 Å². The number of methoxy groups -OCH3 is 1. The van der Waals surface area contributed by atoms with Crippen LogP contribution in [0.15, 0.2) is 42.5 Å². The van der Waals surface area contributed by atoms with E-state index in [4.69, 9.17) is 18.9 Å². The summed E-state index contributed by atoms with van der Waals surface area (Å²) in [4.78, 5) is 24.2. The first-order valence-corrected chi connectivity index (χ1v) is 10.0. The summed E-state index contributed by atoms with van der Waals surface area (Å²) < 4.78 is 21.4. The smallest absolute Gasteiger partial charge is 0.338 e. The topological polar surface area (TPSA) is 83.1 Å². The van der Waals surface area contributed by atoms with Crippen LogP contribution in [0, 0.1) is 0 Å². The molecule has 0 saturated carbocycles. The standard InChI is InChI=1S/C23H29NO6/c1-4-14-29-20-11-8-18(15-21(20)28-5-2)23(26)30-16-22(25)24-13-12-17-6-9-19(27-3)10-7-17/h6-11,15H,4-5,12-14,16H2,1-3H3,(H,24,25). The van der Waals surface area contributed by atoms with Gasteiger partial charge in [0.15, 0.2) is 18.1 Å². The van der Waals surface area contributed by atoms with Crippen molar-refractivity contribution < 1.29 is 28.5 Å². The zero-order valence-electron chi connectivity index (χ0n) is 17.7. The molecule has 1 N–H and O–H groups in total. The Bertz CT molecular complexity index is 819. The van der Waals surface area contributed by atoms with Crippen LogP contribution in [-0.2, 0) is 16.0 Å². The van der Waals surface area contributed by atoms with Gasteiger partial charge in [-0.3, -0.25) is 4.79 Å². The maximum Gasteiger partial charge on any atom is 0.338 e. The van der Waals surface area contributed by atoms with Crippen molar-refractivity contribution in [2.75, 3.05) is 33.5 Å². The molecule has 0 spiro atoms. The molecule has 0 saturated heterocycles. The van der Waals surface area contributed by atoms with E-state index in [1.807, 2.05) is 38.1 Å². The minimum atomic E-state index is -0.594. The van der Waals surface area contributed by atoms with Gasteiger partial charge in [0.1, 0.15) is 5.75 Å². The molecule has 2 aromatic rings. The van der Waals surface area contributed by atoms with Gasteiger partial charge in [-0.25, -0.2) is 4.79 Å². The molecular formula is C23H29NO6. The molecule has 0 fully saturated rings. The monoisotopic (exact) mass is 415 g/mol. The summed E-state index contributed by atoms with van der Waals surface area (Å²) in [6.45, 7) is 4.96. The van der Waals surface area contributed by atoms with Crippen molar-refractivity contribution >= 4 is 11.9 Å². The third-order valence-corrected chi connectivity index (χ3v) is 4.17. The zero-order chi connectivity index (χ0) is 21.8. The Hall–Kier alpha value is -3.22. The number of carbonyl (C=O) groups excluding carboxylic acids is 2. The van der Waals surface area contributed by atoms with Crippen molar-refractivity contribution in [1.82, 2.24) is 5.32 Å². The molecule has 0 aliphatic carbocycles. The molecule has 0 radical (unpaired) electrons. The molecule has 0 atom stereocenters. The Morgan fingerprint density at radius 3 is 2.40 bits per heavy atom. The molecule has 1 amide bonds. The number of amides is 1. The lowest BCUT2D eigenvalue weighted by Gasteiger charge is -2.13. The average Bonchev–Trinajstić information content (AvgIpc) is 2.77. The van der Waals surface area contributed by atoms with E-state index in [9.17, 15) is 9.59 Å². The van der Waals surface area contributed by atoms with E-state index in [0.717, 1.165) is 17.7 Å². The van der Waals surface area contributed by atoms with Gasteiger partial charge < -0.3 is 24.3 Å². The number of esters is 1. The molecule has 2 aromatic carbocycles. The quantitative estimate of drug-likeness (QED) is 0.535. The lowest BCUT2D eigenvalue weighted by atomic mass is 10.1. The largest absolute Gasteiger partial charge is 0.497 e. The molecule has 0 unspecified atom stereocenters. The highest BCUT2D eigenvalue weighted by Gasteiger charge is 2.14. The molecule has 30 heavy (non-hydrogen) atoms. The number of rotatable bonds is 12. The maximum absolute atomic E-state index is 12.3. The van der Waals surface area contributed by atoms with Gasteiger partial charge >= 0.3 is 5.97 Å². The van der Waals surface area contributed by atoms with Gasteiger partial charge in [-0.1, -0.05) is 19.1 Å². The fourth-order valence-corrected chi connectivity index (χ4v) is 2.64. The van der Waals surface area contributed by atoms with Gasteiger partial charge in [0, 0.05) is 6.54 Å². The second-order valence-corrected chi connectivity index (χ2v) is 6.47. The van der Waals surface area contributed by atoms with Crippen molar-refractivity contribution in [3.63, 3.8) is 0 Å². The normalized spacial score (nSPS) is 10.2. The van der Waals surface area contributed by atoms with Gasteiger partial charge in [-0.15, -0.1) is 0 Å². The van der Waals surface area contributed by atoms with Gasteiger partial charge in [0.25, 0.3) is 5.91 Å². The molecule has 0 heterocycles. The fourth-order valence-electron chi connectivity index (χ4n) is 2.64. The van der Waals surface area contributed by atoms with Crippen LogP contribution in [0.4, 0.5) is 0 Å². The molecule has 0 bridgehead atoms. The number of ether oxygens (including phenoxy) is 4. The second kappa shape index (κ2) is 12.4. The lowest BCUT2D eigenvalue weighted by Crippen LogP contribution is -2.30. The predicted octanol–water partition coefficient (Wildman–Crippen LogP) is 3.40. The summed E-state index contributed by atoms with van der Waals surface area (Å²) in [7, 11) is 1.61. The summed E-state index contributed by atoms with van der Waals surface area (Å²) in [5, 5.41) is 2.74. The van der Waals surface area contributed by atoms with E-state index >= 15 is 0 Å². The van der Waals surface area contributed by atoms with E-state index in [1.54, 1.807) is 25.3 Å². The van der Waals surface area contributed by atoms with Gasteiger partial charge in [-0.2, -0.15) is 0 Å². The Kier molecular flexibility index (Phi) is 9.51. The zero-order valence-corrected chi connectivity index (χ0v) is 17.7. The molecule has 7 nitrogen and oxygen atoms in total. The molecule has 7 heteroatoms. The minimum Gasteiger partial charge on any atom is -0.497 e. The highest BCUT2D eigenvalue weighted by Crippen LogP contribution is 2.29. The lowest BCUT2D eigenvalue weighted by molar-refractivity contribution is -0.124. The molecule has 0 aromatic heterocycles. The average molecular weight is 415 g/mol. The third-order valence-electron chi connectivity index (χ3n) is 4.17. The van der Waals surface area contributed by atoms with Crippen molar-refractivity contribution in [3.8, 4) is 17.2 Å². The van der Waals surface area contributed by atoms with Crippen LogP contribution in [0.3, 0.4) is 0 Å². The number of benzene rings is 2. The summed E-state index contributed by atoms with van der Waals surface area (Å²) >= 11 is 0. The van der Waals surface area contributed by atoms with E-state index < -0.39 is 5.97 Å². The van der Waals surface area contributed by atoms with Crippen LogP contribution < -0.4 is 19.5 Å². The third kappa shape index (κ3) is 7.31. The van der Waals surface area contributed by atoms with Crippen molar-refractivity contribution in [1.29, 1.82) is 0 Å². The Morgan fingerprint density at radius 1 is 0.967 bits per heavy atom. The van der Waals surface area contributed by atoms with Crippen LogP contribution >= 0.6 is 0 Å². The maximum atomic E-state index is 12.3. The summed E-state index contributed by atoms with van der Waals surface area (Å²) in [6, 6.07) is 12.5. The molecule has 2 rings (SSSR count). The Labute approximate surface area is 177 Å². The number of nitrogens with one attached hydrogen (secondary N) is 1. The van der Waals surface area contributed by atoms with Crippen LogP contribution in [0.5, 0.6) is 17.2 Å². The number of hydrogen-bond donors (Lipinski definition) is 1. The van der Waals surface area contributed by atoms with Gasteiger partial charge in [-0.05, 0) is 55.7 Å². The van der Waals surface area contributed by atoms with E-state index in [1.165, 1.54) is 0 Å².